The number of aliphatic carboxylic acids is 1. The van der Waals surface area contributed by atoms with Crippen LogP contribution in [0.25, 0.3) is 0 Å². The van der Waals surface area contributed by atoms with Crippen LogP contribution >= 0.6 is 0 Å². The molecule has 2 rings (SSSR count). The molecule has 0 aliphatic carbocycles. The lowest BCUT2D eigenvalue weighted by Gasteiger charge is -2.41. The number of rotatable bonds is 2. The van der Waals surface area contributed by atoms with Crippen LogP contribution in [0.3, 0.4) is 0 Å². The van der Waals surface area contributed by atoms with Crippen molar-refractivity contribution in [2.75, 3.05) is 32.9 Å². The molecular formula is C13H18N2O5. The molecule has 7 nitrogen and oxygen atoms in total. The van der Waals surface area contributed by atoms with Gasteiger partial charge in [0, 0.05) is 19.8 Å². The van der Waals surface area contributed by atoms with E-state index in [0.717, 1.165) is 0 Å². The first-order valence-corrected chi connectivity index (χ1v) is 6.59. The Hall–Kier alpha value is -1.65. The SMILES string of the molecule is CC1(C#N)CN(C(=O)C2(C(=O)O)CCOCC2)CCO1. The summed E-state index contributed by atoms with van der Waals surface area (Å²) in [4.78, 5) is 25.7. The Bertz CT molecular complexity index is 452. The number of ether oxygens (including phenoxy) is 2. The molecule has 1 amide bonds. The number of hydrogen-bond donors (Lipinski definition) is 1. The molecule has 0 spiro atoms. The van der Waals surface area contributed by atoms with Crippen molar-refractivity contribution in [2.45, 2.75) is 25.4 Å². The number of carbonyl (C=O) groups excluding carboxylic acids is 1. The van der Waals surface area contributed by atoms with Crippen molar-refractivity contribution in [3.05, 3.63) is 0 Å². The zero-order valence-electron chi connectivity index (χ0n) is 11.4. The van der Waals surface area contributed by atoms with Gasteiger partial charge < -0.3 is 19.5 Å². The molecule has 0 aromatic heterocycles. The third-order valence-corrected chi connectivity index (χ3v) is 3.96. The number of hydrogen-bond acceptors (Lipinski definition) is 5. The molecule has 0 bridgehead atoms. The third-order valence-electron chi connectivity index (χ3n) is 3.96. The predicted molar refractivity (Wildman–Crippen MR) is 66.7 cm³/mol. The smallest absolute Gasteiger partial charge is 0.319 e. The second kappa shape index (κ2) is 5.38. The quantitative estimate of drug-likeness (QED) is 0.716. The van der Waals surface area contributed by atoms with Crippen molar-refractivity contribution < 1.29 is 24.2 Å². The van der Waals surface area contributed by atoms with Crippen LogP contribution in [0.15, 0.2) is 0 Å². The lowest BCUT2D eigenvalue weighted by molar-refractivity contribution is -0.173. The number of carboxylic acids is 1. The number of nitriles is 1. The highest BCUT2D eigenvalue weighted by atomic mass is 16.5. The first kappa shape index (κ1) is 14.8. The molecule has 2 heterocycles. The van der Waals surface area contributed by atoms with Gasteiger partial charge >= 0.3 is 5.97 Å². The average molecular weight is 282 g/mol. The van der Waals surface area contributed by atoms with Crippen LogP contribution in [0.5, 0.6) is 0 Å². The zero-order chi connectivity index (χ0) is 14.8. The van der Waals surface area contributed by atoms with Gasteiger partial charge in [-0.2, -0.15) is 5.26 Å². The van der Waals surface area contributed by atoms with Crippen LogP contribution < -0.4 is 0 Å². The van der Waals surface area contributed by atoms with E-state index >= 15 is 0 Å². The summed E-state index contributed by atoms with van der Waals surface area (Å²) in [5, 5.41) is 18.6. The van der Waals surface area contributed by atoms with E-state index in [2.05, 4.69) is 0 Å². The molecule has 0 radical (unpaired) electrons. The van der Waals surface area contributed by atoms with E-state index in [9.17, 15) is 14.7 Å². The fourth-order valence-electron chi connectivity index (χ4n) is 2.65. The Balaban J connectivity index is 2.20. The van der Waals surface area contributed by atoms with E-state index in [1.807, 2.05) is 6.07 Å². The lowest BCUT2D eigenvalue weighted by Crippen LogP contribution is -2.58. The molecule has 2 saturated heterocycles. The van der Waals surface area contributed by atoms with Gasteiger partial charge in [0.25, 0.3) is 0 Å². The van der Waals surface area contributed by atoms with Crippen LogP contribution in [-0.4, -0.2) is 60.4 Å². The van der Waals surface area contributed by atoms with E-state index in [-0.39, 0.29) is 39.2 Å². The molecule has 0 aromatic carbocycles. The molecule has 1 unspecified atom stereocenters. The van der Waals surface area contributed by atoms with E-state index in [4.69, 9.17) is 14.7 Å². The first-order valence-electron chi connectivity index (χ1n) is 6.59. The van der Waals surface area contributed by atoms with Crippen LogP contribution in [0.2, 0.25) is 0 Å². The van der Waals surface area contributed by atoms with Gasteiger partial charge in [0.2, 0.25) is 5.91 Å². The third kappa shape index (κ3) is 2.49. The van der Waals surface area contributed by atoms with Crippen molar-refractivity contribution in [3.63, 3.8) is 0 Å². The zero-order valence-corrected chi connectivity index (χ0v) is 11.4. The Morgan fingerprint density at radius 3 is 2.50 bits per heavy atom. The van der Waals surface area contributed by atoms with Gasteiger partial charge in [-0.05, 0) is 19.8 Å². The maximum Gasteiger partial charge on any atom is 0.319 e. The maximum absolute atomic E-state index is 12.6. The molecule has 110 valence electrons. The highest BCUT2D eigenvalue weighted by Crippen LogP contribution is 2.34. The summed E-state index contributed by atoms with van der Waals surface area (Å²) in [5.74, 6) is -1.55. The summed E-state index contributed by atoms with van der Waals surface area (Å²) in [7, 11) is 0. The van der Waals surface area contributed by atoms with Crippen LogP contribution in [-0.2, 0) is 19.1 Å². The Morgan fingerprint density at radius 1 is 1.30 bits per heavy atom. The highest BCUT2D eigenvalue weighted by Gasteiger charge is 2.51. The molecule has 1 N–H and O–H groups in total. The summed E-state index contributed by atoms with van der Waals surface area (Å²) in [5.41, 5.74) is -2.50. The van der Waals surface area contributed by atoms with E-state index in [1.165, 1.54) is 4.90 Å². The van der Waals surface area contributed by atoms with Gasteiger partial charge in [0.05, 0.1) is 19.2 Å². The van der Waals surface area contributed by atoms with Gasteiger partial charge in [-0.1, -0.05) is 0 Å². The summed E-state index contributed by atoms with van der Waals surface area (Å²) >= 11 is 0. The number of carbonyl (C=O) groups is 2. The van der Waals surface area contributed by atoms with Gasteiger partial charge in [-0.15, -0.1) is 0 Å². The monoisotopic (exact) mass is 282 g/mol. The molecule has 7 heteroatoms. The molecular weight excluding hydrogens is 264 g/mol. The Labute approximate surface area is 117 Å². The second-order valence-electron chi connectivity index (χ2n) is 5.42. The standard InChI is InChI=1S/C13H18N2O5/c1-12(8-14)9-15(4-7-20-12)10(16)13(11(17)18)2-5-19-6-3-13/h2-7,9H2,1H3,(H,17,18). The van der Waals surface area contributed by atoms with Crippen LogP contribution in [0.4, 0.5) is 0 Å². The molecule has 20 heavy (non-hydrogen) atoms. The molecule has 2 aliphatic rings. The summed E-state index contributed by atoms with van der Waals surface area (Å²) in [6.45, 7) is 2.77. The maximum atomic E-state index is 12.6. The largest absolute Gasteiger partial charge is 0.480 e. The number of carboxylic acid groups (broad SMARTS) is 1. The van der Waals surface area contributed by atoms with E-state index < -0.39 is 22.9 Å². The van der Waals surface area contributed by atoms with Crippen molar-refractivity contribution >= 4 is 11.9 Å². The minimum Gasteiger partial charge on any atom is -0.480 e. The van der Waals surface area contributed by atoms with Crippen LogP contribution in [0, 0.1) is 16.7 Å². The normalized spacial score (nSPS) is 29.5. The van der Waals surface area contributed by atoms with Crippen LogP contribution in [0.1, 0.15) is 19.8 Å². The average Bonchev–Trinajstić information content (AvgIpc) is 2.47. The molecule has 2 fully saturated rings. The highest BCUT2D eigenvalue weighted by molar-refractivity contribution is 6.02. The fourth-order valence-corrected chi connectivity index (χ4v) is 2.65. The van der Waals surface area contributed by atoms with Gasteiger partial charge in [0.1, 0.15) is 0 Å². The van der Waals surface area contributed by atoms with Gasteiger partial charge in [0.15, 0.2) is 11.0 Å². The lowest BCUT2D eigenvalue weighted by atomic mass is 9.78. The predicted octanol–water partition coefficient (Wildman–Crippen LogP) is 0.00888. The summed E-state index contributed by atoms with van der Waals surface area (Å²) in [6.07, 6.45) is 0.337. The molecule has 2 aliphatic heterocycles. The first-order chi connectivity index (χ1) is 9.43. The van der Waals surface area contributed by atoms with Crippen molar-refractivity contribution in [2.24, 2.45) is 5.41 Å². The topological polar surface area (TPSA) is 99.9 Å². The molecule has 0 aromatic rings. The van der Waals surface area contributed by atoms with Gasteiger partial charge in [-0.3, -0.25) is 9.59 Å². The summed E-state index contributed by atoms with van der Waals surface area (Å²) in [6, 6.07) is 2.02. The van der Waals surface area contributed by atoms with E-state index in [1.54, 1.807) is 6.92 Å². The van der Waals surface area contributed by atoms with Gasteiger partial charge in [-0.25, -0.2) is 0 Å². The number of nitrogens with zero attached hydrogens (tertiary/aromatic N) is 2. The van der Waals surface area contributed by atoms with Crippen molar-refractivity contribution in [3.8, 4) is 6.07 Å². The Kier molecular flexibility index (Phi) is 3.97. The molecule has 1 atom stereocenters. The fraction of sp³-hybridized carbons (Fsp3) is 0.769. The van der Waals surface area contributed by atoms with Crippen molar-refractivity contribution in [1.82, 2.24) is 4.90 Å². The van der Waals surface area contributed by atoms with E-state index in [0.29, 0.717) is 6.54 Å². The Morgan fingerprint density at radius 2 is 1.95 bits per heavy atom. The minimum absolute atomic E-state index is 0.0955. The van der Waals surface area contributed by atoms with Crippen molar-refractivity contribution in [1.29, 1.82) is 5.26 Å². The number of amides is 1. The number of morpholine rings is 1. The minimum atomic E-state index is -1.42. The molecule has 0 saturated carbocycles. The second-order valence-corrected chi connectivity index (χ2v) is 5.42. The summed E-state index contributed by atoms with van der Waals surface area (Å²) < 4.78 is 10.5.